The molecule has 1 aromatic carbocycles. The third-order valence-electron chi connectivity index (χ3n) is 3.46. The summed E-state index contributed by atoms with van der Waals surface area (Å²) in [5.74, 6) is 1.07. The van der Waals surface area contributed by atoms with Crippen LogP contribution in [-0.2, 0) is 6.42 Å². The molecule has 3 nitrogen and oxygen atoms in total. The molecule has 17 heavy (non-hydrogen) atoms. The van der Waals surface area contributed by atoms with Crippen molar-refractivity contribution in [3.63, 3.8) is 0 Å². The lowest BCUT2D eigenvalue weighted by Crippen LogP contribution is -2.40. The van der Waals surface area contributed by atoms with Crippen LogP contribution in [-0.4, -0.2) is 18.9 Å². The van der Waals surface area contributed by atoms with Gasteiger partial charge < -0.3 is 10.6 Å². The van der Waals surface area contributed by atoms with Gasteiger partial charge in [-0.15, -0.1) is 0 Å². The van der Waals surface area contributed by atoms with Crippen molar-refractivity contribution >= 4 is 11.5 Å². The number of anilines is 1. The van der Waals surface area contributed by atoms with E-state index in [-0.39, 0.29) is 11.8 Å². The summed E-state index contributed by atoms with van der Waals surface area (Å²) in [7, 11) is 0. The van der Waals surface area contributed by atoms with Gasteiger partial charge in [-0.2, -0.15) is 0 Å². The number of fused-ring (bicyclic) bond motifs is 1. The molecule has 1 aliphatic rings. The lowest BCUT2D eigenvalue weighted by atomic mass is 9.93. The monoisotopic (exact) mass is 231 g/mol. The van der Waals surface area contributed by atoms with Gasteiger partial charge in [0.1, 0.15) is 0 Å². The molecule has 92 valence electrons. The lowest BCUT2D eigenvalue weighted by molar-refractivity contribution is 0.517. The van der Waals surface area contributed by atoms with E-state index in [1.807, 2.05) is 6.92 Å². The van der Waals surface area contributed by atoms with Crippen LogP contribution in [0, 0.1) is 17.2 Å². The van der Waals surface area contributed by atoms with Gasteiger partial charge in [-0.05, 0) is 24.0 Å². The van der Waals surface area contributed by atoms with E-state index in [1.165, 1.54) is 11.3 Å². The molecular formula is C14H21N3. The molecule has 1 heterocycles. The Bertz CT molecular complexity index is 414. The van der Waals surface area contributed by atoms with Gasteiger partial charge >= 0.3 is 0 Å². The SMILES string of the molecule is CC1Cc2ccccc2N(CC(C)C(=N)N)C1. The van der Waals surface area contributed by atoms with E-state index in [9.17, 15) is 0 Å². The highest BCUT2D eigenvalue weighted by Gasteiger charge is 2.22. The fourth-order valence-corrected chi connectivity index (χ4v) is 2.51. The van der Waals surface area contributed by atoms with Gasteiger partial charge in [-0.25, -0.2) is 0 Å². The van der Waals surface area contributed by atoms with Gasteiger partial charge in [0.2, 0.25) is 0 Å². The van der Waals surface area contributed by atoms with E-state index in [0.29, 0.717) is 5.92 Å². The first-order valence-electron chi connectivity index (χ1n) is 6.24. The van der Waals surface area contributed by atoms with Gasteiger partial charge in [-0.3, -0.25) is 5.41 Å². The Morgan fingerprint density at radius 2 is 2.24 bits per heavy atom. The second-order valence-corrected chi connectivity index (χ2v) is 5.20. The standard InChI is InChI=1S/C14H21N3/c1-10-7-12-5-3-4-6-13(12)17(8-10)9-11(2)14(15)16/h3-6,10-11H,7-9H2,1-2H3,(H3,15,16). The second-order valence-electron chi connectivity index (χ2n) is 5.20. The number of rotatable bonds is 3. The van der Waals surface area contributed by atoms with Crippen molar-refractivity contribution in [2.24, 2.45) is 17.6 Å². The maximum absolute atomic E-state index is 7.50. The van der Waals surface area contributed by atoms with Crippen LogP contribution in [0.1, 0.15) is 19.4 Å². The summed E-state index contributed by atoms with van der Waals surface area (Å²) in [6.45, 7) is 6.21. The molecule has 2 rings (SSSR count). The minimum absolute atomic E-state index is 0.119. The summed E-state index contributed by atoms with van der Waals surface area (Å²) in [5, 5.41) is 7.50. The maximum Gasteiger partial charge on any atom is 0.0952 e. The minimum Gasteiger partial charge on any atom is -0.387 e. The molecule has 0 radical (unpaired) electrons. The summed E-state index contributed by atoms with van der Waals surface area (Å²) in [6, 6.07) is 8.56. The predicted molar refractivity (Wildman–Crippen MR) is 72.6 cm³/mol. The molecule has 0 amide bonds. The molecule has 0 aromatic heterocycles. The Balaban J connectivity index is 2.21. The zero-order valence-corrected chi connectivity index (χ0v) is 10.6. The molecule has 2 atom stereocenters. The first-order valence-corrected chi connectivity index (χ1v) is 6.24. The van der Waals surface area contributed by atoms with Crippen molar-refractivity contribution in [1.82, 2.24) is 0 Å². The largest absolute Gasteiger partial charge is 0.387 e. The normalized spacial score (nSPS) is 20.8. The van der Waals surface area contributed by atoms with Crippen LogP contribution in [0.2, 0.25) is 0 Å². The van der Waals surface area contributed by atoms with Crippen molar-refractivity contribution in [3.05, 3.63) is 29.8 Å². The maximum atomic E-state index is 7.50. The van der Waals surface area contributed by atoms with Crippen LogP contribution in [0.5, 0.6) is 0 Å². The van der Waals surface area contributed by atoms with E-state index in [1.54, 1.807) is 0 Å². The van der Waals surface area contributed by atoms with E-state index in [4.69, 9.17) is 11.1 Å². The number of para-hydroxylation sites is 1. The highest BCUT2D eigenvalue weighted by atomic mass is 15.1. The molecule has 1 aromatic rings. The summed E-state index contributed by atoms with van der Waals surface area (Å²) in [6.07, 6.45) is 1.15. The number of nitrogens with two attached hydrogens (primary N) is 1. The third kappa shape index (κ3) is 2.60. The van der Waals surface area contributed by atoms with E-state index in [0.717, 1.165) is 19.5 Å². The first kappa shape index (κ1) is 12.0. The topological polar surface area (TPSA) is 53.1 Å². The van der Waals surface area contributed by atoms with Gasteiger partial charge in [0.15, 0.2) is 0 Å². The van der Waals surface area contributed by atoms with Crippen LogP contribution in [0.4, 0.5) is 5.69 Å². The summed E-state index contributed by atoms with van der Waals surface area (Å²) in [4.78, 5) is 2.37. The lowest BCUT2D eigenvalue weighted by Gasteiger charge is -2.36. The molecule has 3 heteroatoms. The molecule has 0 bridgehead atoms. The van der Waals surface area contributed by atoms with Crippen molar-refractivity contribution in [2.45, 2.75) is 20.3 Å². The molecule has 0 aliphatic carbocycles. The molecule has 0 saturated heterocycles. The summed E-state index contributed by atoms with van der Waals surface area (Å²) in [5.41, 5.74) is 8.30. The average Bonchev–Trinajstić information content (AvgIpc) is 2.28. The van der Waals surface area contributed by atoms with Crippen LogP contribution in [0.3, 0.4) is 0 Å². The Labute approximate surface area is 103 Å². The van der Waals surface area contributed by atoms with Crippen LogP contribution in [0.15, 0.2) is 24.3 Å². The molecular weight excluding hydrogens is 210 g/mol. The van der Waals surface area contributed by atoms with Crippen molar-refractivity contribution in [3.8, 4) is 0 Å². The quantitative estimate of drug-likeness (QED) is 0.619. The molecule has 0 fully saturated rings. The predicted octanol–water partition coefficient (Wildman–Crippen LogP) is 2.26. The summed E-state index contributed by atoms with van der Waals surface area (Å²) < 4.78 is 0. The number of amidine groups is 1. The van der Waals surface area contributed by atoms with E-state index >= 15 is 0 Å². The van der Waals surface area contributed by atoms with Crippen LogP contribution < -0.4 is 10.6 Å². The number of hydrogen-bond acceptors (Lipinski definition) is 2. The fraction of sp³-hybridized carbons (Fsp3) is 0.500. The van der Waals surface area contributed by atoms with E-state index < -0.39 is 0 Å². The van der Waals surface area contributed by atoms with Gasteiger partial charge in [0, 0.05) is 24.7 Å². The number of hydrogen-bond donors (Lipinski definition) is 2. The van der Waals surface area contributed by atoms with E-state index in [2.05, 4.69) is 36.1 Å². The highest BCUT2D eigenvalue weighted by Crippen LogP contribution is 2.29. The second kappa shape index (κ2) is 4.78. The Morgan fingerprint density at radius 1 is 1.53 bits per heavy atom. The van der Waals surface area contributed by atoms with Crippen LogP contribution in [0.25, 0.3) is 0 Å². The van der Waals surface area contributed by atoms with Gasteiger partial charge in [-0.1, -0.05) is 32.0 Å². The summed E-state index contributed by atoms with van der Waals surface area (Å²) >= 11 is 0. The molecule has 0 saturated carbocycles. The van der Waals surface area contributed by atoms with Gasteiger partial charge in [0.25, 0.3) is 0 Å². The zero-order valence-electron chi connectivity index (χ0n) is 10.6. The van der Waals surface area contributed by atoms with Crippen molar-refractivity contribution in [2.75, 3.05) is 18.0 Å². The fourth-order valence-electron chi connectivity index (χ4n) is 2.51. The molecule has 0 spiro atoms. The Hall–Kier alpha value is -1.51. The molecule has 3 N–H and O–H groups in total. The number of benzene rings is 1. The minimum atomic E-state index is 0.119. The van der Waals surface area contributed by atoms with Gasteiger partial charge in [0.05, 0.1) is 5.84 Å². The van der Waals surface area contributed by atoms with Crippen molar-refractivity contribution < 1.29 is 0 Å². The highest BCUT2D eigenvalue weighted by molar-refractivity contribution is 5.80. The average molecular weight is 231 g/mol. The molecule has 1 aliphatic heterocycles. The Morgan fingerprint density at radius 3 is 2.94 bits per heavy atom. The number of nitrogens with one attached hydrogen (secondary N) is 1. The molecule has 2 unspecified atom stereocenters. The number of nitrogens with zero attached hydrogens (tertiary/aromatic N) is 1. The zero-order chi connectivity index (χ0) is 12.4. The first-order chi connectivity index (χ1) is 8.08. The Kier molecular flexibility index (Phi) is 3.36. The van der Waals surface area contributed by atoms with Crippen LogP contribution >= 0.6 is 0 Å². The smallest absolute Gasteiger partial charge is 0.0952 e. The van der Waals surface area contributed by atoms with Crippen molar-refractivity contribution in [1.29, 1.82) is 5.41 Å². The third-order valence-corrected chi connectivity index (χ3v) is 3.46.